The molecule has 0 aromatic heterocycles. The standard InChI is InChI=1S/C10H17NO5S/c1-4-6-8(10(13)15-5-2)11-7(3)9(12)16-17(11)14/h8,12H,4-6H2,1-3H3/t8-,17?/m0/s1. The quantitative estimate of drug-likeness (QED) is 0.758. The maximum absolute atomic E-state index is 11.8. The van der Waals surface area contributed by atoms with Gasteiger partial charge in [-0.25, -0.2) is 9.10 Å². The van der Waals surface area contributed by atoms with Crippen LogP contribution < -0.4 is 0 Å². The third-order valence-corrected chi connectivity index (χ3v) is 3.50. The zero-order chi connectivity index (χ0) is 13.0. The lowest BCUT2D eigenvalue weighted by atomic mass is 10.1. The minimum Gasteiger partial charge on any atom is -0.479 e. The van der Waals surface area contributed by atoms with Gasteiger partial charge in [-0.3, -0.25) is 0 Å². The molecule has 0 saturated heterocycles. The van der Waals surface area contributed by atoms with Gasteiger partial charge in [0.05, 0.1) is 6.61 Å². The maximum atomic E-state index is 11.8. The van der Waals surface area contributed by atoms with E-state index in [0.717, 1.165) is 6.42 Å². The molecule has 1 rings (SSSR count). The van der Waals surface area contributed by atoms with E-state index in [-0.39, 0.29) is 12.3 Å². The van der Waals surface area contributed by atoms with Gasteiger partial charge in [-0.2, -0.15) is 4.21 Å². The number of esters is 1. The molecule has 0 aromatic rings. The Morgan fingerprint density at radius 3 is 2.65 bits per heavy atom. The molecule has 7 heteroatoms. The van der Waals surface area contributed by atoms with Crippen LogP contribution in [-0.2, 0) is 25.0 Å². The molecule has 0 bridgehead atoms. The number of aliphatic hydroxyl groups is 1. The highest BCUT2D eigenvalue weighted by molar-refractivity contribution is 7.78. The largest absolute Gasteiger partial charge is 0.479 e. The van der Waals surface area contributed by atoms with Crippen molar-refractivity contribution in [3.05, 3.63) is 11.6 Å². The molecule has 6 nitrogen and oxygen atoms in total. The van der Waals surface area contributed by atoms with Crippen LogP contribution in [0.25, 0.3) is 0 Å². The van der Waals surface area contributed by atoms with Gasteiger partial charge in [-0.15, -0.1) is 0 Å². The lowest BCUT2D eigenvalue weighted by Crippen LogP contribution is -2.40. The average Bonchev–Trinajstić information content (AvgIpc) is 2.51. The summed E-state index contributed by atoms with van der Waals surface area (Å²) in [6, 6.07) is -0.689. The Kier molecular flexibility index (Phi) is 4.80. The maximum Gasteiger partial charge on any atom is 0.329 e. The molecule has 0 amide bonds. The first-order chi connectivity index (χ1) is 8.02. The Morgan fingerprint density at radius 1 is 1.59 bits per heavy atom. The number of ether oxygens (including phenoxy) is 1. The number of hydrogen-bond donors (Lipinski definition) is 1. The summed E-state index contributed by atoms with van der Waals surface area (Å²) in [4.78, 5) is 11.8. The van der Waals surface area contributed by atoms with E-state index in [1.165, 1.54) is 4.31 Å². The predicted molar refractivity (Wildman–Crippen MR) is 61.7 cm³/mol. The average molecular weight is 263 g/mol. The van der Waals surface area contributed by atoms with Gasteiger partial charge in [0.2, 0.25) is 0 Å². The number of carbonyl (C=O) groups is 1. The molecular weight excluding hydrogens is 246 g/mol. The monoisotopic (exact) mass is 263 g/mol. The van der Waals surface area contributed by atoms with Gasteiger partial charge in [0.1, 0.15) is 11.7 Å². The molecule has 0 radical (unpaired) electrons. The minimum absolute atomic E-state index is 0.259. The van der Waals surface area contributed by atoms with Crippen molar-refractivity contribution in [3.63, 3.8) is 0 Å². The van der Waals surface area contributed by atoms with Crippen LogP contribution in [-0.4, -0.2) is 32.2 Å². The number of hydrogen-bond acceptors (Lipinski definition) is 5. The topological polar surface area (TPSA) is 76.1 Å². The van der Waals surface area contributed by atoms with Crippen LogP contribution in [0.15, 0.2) is 11.6 Å². The molecule has 2 atom stereocenters. The normalized spacial score (nSPS) is 21.4. The van der Waals surface area contributed by atoms with Crippen LogP contribution in [0.1, 0.15) is 33.6 Å². The number of aliphatic hydroxyl groups excluding tert-OH is 1. The highest BCUT2D eigenvalue weighted by atomic mass is 32.2. The van der Waals surface area contributed by atoms with E-state index in [1.54, 1.807) is 13.8 Å². The van der Waals surface area contributed by atoms with E-state index in [9.17, 15) is 14.1 Å². The van der Waals surface area contributed by atoms with Gasteiger partial charge in [0, 0.05) is 0 Å². The van der Waals surface area contributed by atoms with E-state index in [1.807, 2.05) is 6.92 Å². The molecule has 98 valence electrons. The van der Waals surface area contributed by atoms with E-state index >= 15 is 0 Å². The SMILES string of the molecule is CCC[C@@H](C(=O)OCC)N1C(C)=C(O)OS1=O. The van der Waals surface area contributed by atoms with Gasteiger partial charge in [0.15, 0.2) is 0 Å². The van der Waals surface area contributed by atoms with Crippen molar-refractivity contribution in [1.29, 1.82) is 0 Å². The molecule has 1 heterocycles. The van der Waals surface area contributed by atoms with Gasteiger partial charge >= 0.3 is 23.2 Å². The van der Waals surface area contributed by atoms with Crippen LogP contribution in [0.4, 0.5) is 0 Å². The molecule has 1 N–H and O–H groups in total. The Labute approximate surface area is 103 Å². The van der Waals surface area contributed by atoms with Crippen LogP contribution in [0.5, 0.6) is 0 Å². The Bertz CT molecular complexity index is 355. The van der Waals surface area contributed by atoms with Crippen molar-refractivity contribution in [3.8, 4) is 0 Å². The van der Waals surface area contributed by atoms with Crippen molar-refractivity contribution < 1.29 is 23.0 Å². The molecule has 0 saturated carbocycles. The fraction of sp³-hybridized carbons (Fsp3) is 0.700. The Balaban J connectivity index is 2.91. The zero-order valence-corrected chi connectivity index (χ0v) is 11.0. The second-order valence-corrected chi connectivity index (χ2v) is 4.57. The number of allylic oxidation sites excluding steroid dienone is 1. The smallest absolute Gasteiger partial charge is 0.329 e. The van der Waals surface area contributed by atoms with Crippen molar-refractivity contribution in [2.45, 2.75) is 39.7 Å². The lowest BCUT2D eigenvalue weighted by Gasteiger charge is -2.24. The molecule has 0 fully saturated rings. The molecule has 0 spiro atoms. The van der Waals surface area contributed by atoms with Crippen LogP contribution >= 0.6 is 0 Å². The van der Waals surface area contributed by atoms with E-state index in [2.05, 4.69) is 4.18 Å². The van der Waals surface area contributed by atoms with Crippen LogP contribution in [0.2, 0.25) is 0 Å². The summed E-state index contributed by atoms with van der Waals surface area (Å²) in [6.07, 6.45) is 1.21. The molecule has 0 aromatic carbocycles. The second-order valence-electron chi connectivity index (χ2n) is 3.57. The van der Waals surface area contributed by atoms with E-state index in [0.29, 0.717) is 6.42 Å². The number of rotatable bonds is 5. The van der Waals surface area contributed by atoms with Crippen LogP contribution in [0, 0.1) is 0 Å². The molecule has 1 aliphatic heterocycles. The summed E-state index contributed by atoms with van der Waals surface area (Å²) in [5, 5.41) is 9.34. The Hall–Kier alpha value is -1.24. The Morgan fingerprint density at radius 2 is 2.24 bits per heavy atom. The summed E-state index contributed by atoms with van der Waals surface area (Å²) in [5.41, 5.74) is 0.287. The highest BCUT2D eigenvalue weighted by Crippen LogP contribution is 2.27. The third kappa shape index (κ3) is 2.91. The first-order valence-electron chi connectivity index (χ1n) is 5.48. The molecule has 17 heavy (non-hydrogen) atoms. The van der Waals surface area contributed by atoms with Gasteiger partial charge in [-0.05, 0) is 20.3 Å². The molecule has 1 unspecified atom stereocenters. The van der Waals surface area contributed by atoms with E-state index < -0.39 is 29.2 Å². The van der Waals surface area contributed by atoms with Gasteiger partial charge in [-0.1, -0.05) is 13.3 Å². The summed E-state index contributed by atoms with van der Waals surface area (Å²) in [6.45, 7) is 5.42. The van der Waals surface area contributed by atoms with Crippen molar-refractivity contribution in [2.75, 3.05) is 6.61 Å². The molecule has 1 aliphatic rings. The van der Waals surface area contributed by atoms with Crippen molar-refractivity contribution >= 4 is 17.2 Å². The summed E-state index contributed by atoms with van der Waals surface area (Å²) >= 11 is -1.87. The van der Waals surface area contributed by atoms with Crippen LogP contribution in [0.3, 0.4) is 0 Å². The van der Waals surface area contributed by atoms with Gasteiger partial charge in [0.25, 0.3) is 0 Å². The molecule has 0 aliphatic carbocycles. The summed E-state index contributed by atoms with van der Waals surface area (Å²) in [7, 11) is 0. The first kappa shape index (κ1) is 13.8. The zero-order valence-electron chi connectivity index (χ0n) is 10.1. The first-order valence-corrected chi connectivity index (χ1v) is 6.52. The second kappa shape index (κ2) is 5.90. The van der Waals surface area contributed by atoms with Crippen molar-refractivity contribution in [1.82, 2.24) is 4.31 Å². The summed E-state index contributed by atoms with van der Waals surface area (Å²) in [5.74, 6) is -0.867. The van der Waals surface area contributed by atoms with E-state index in [4.69, 9.17) is 4.74 Å². The summed E-state index contributed by atoms with van der Waals surface area (Å²) < 4.78 is 22.5. The fourth-order valence-corrected chi connectivity index (χ4v) is 2.59. The lowest BCUT2D eigenvalue weighted by molar-refractivity contribution is -0.147. The molecular formula is C10H17NO5S. The number of carbonyl (C=O) groups excluding carboxylic acids is 1. The number of nitrogens with zero attached hydrogens (tertiary/aromatic N) is 1. The predicted octanol–water partition coefficient (Wildman–Crippen LogP) is 1.38. The minimum atomic E-state index is -1.87. The highest BCUT2D eigenvalue weighted by Gasteiger charge is 2.38. The fourth-order valence-electron chi connectivity index (χ4n) is 1.55. The third-order valence-electron chi connectivity index (χ3n) is 2.35. The van der Waals surface area contributed by atoms with Crippen molar-refractivity contribution in [2.24, 2.45) is 0 Å². The van der Waals surface area contributed by atoms with Gasteiger partial charge < -0.3 is 14.0 Å².